The Balaban J connectivity index is 1.39. The number of amides is 1. The molecular weight excluding hydrogens is 355 g/mol. The molecular formula is C22H23FN4O. The number of aryl methyl sites for hydroxylation is 1. The van der Waals surface area contributed by atoms with Gasteiger partial charge in [-0.05, 0) is 55.5 Å². The first-order valence-electron chi connectivity index (χ1n) is 9.72. The molecule has 144 valence electrons. The molecule has 28 heavy (non-hydrogen) atoms. The van der Waals surface area contributed by atoms with Gasteiger partial charge in [-0.25, -0.2) is 9.37 Å². The van der Waals surface area contributed by atoms with Crippen LogP contribution in [0.4, 0.5) is 4.39 Å². The number of hydrogen-bond acceptors (Lipinski definition) is 3. The third kappa shape index (κ3) is 4.11. The smallest absolute Gasteiger partial charge is 0.223 e. The molecule has 1 fully saturated rings. The number of halogens is 1. The molecule has 1 N–H and O–H groups in total. The molecule has 0 bridgehead atoms. The molecule has 2 aromatic carbocycles. The highest BCUT2D eigenvalue weighted by Gasteiger charge is 2.32. The first-order chi connectivity index (χ1) is 13.7. The Labute approximate surface area is 163 Å². The third-order valence-electron chi connectivity index (χ3n) is 5.19. The van der Waals surface area contributed by atoms with Crippen molar-refractivity contribution in [1.29, 1.82) is 0 Å². The second kappa shape index (κ2) is 8.33. The number of rotatable bonds is 6. The normalized spacial score (nSPS) is 16.5. The Kier molecular flexibility index (Phi) is 5.46. The third-order valence-corrected chi connectivity index (χ3v) is 5.19. The van der Waals surface area contributed by atoms with Crippen molar-refractivity contribution in [3.05, 3.63) is 71.8 Å². The average molecular weight is 378 g/mol. The van der Waals surface area contributed by atoms with Gasteiger partial charge in [0.25, 0.3) is 0 Å². The molecule has 2 heterocycles. The van der Waals surface area contributed by atoms with Gasteiger partial charge in [0.2, 0.25) is 5.91 Å². The van der Waals surface area contributed by atoms with E-state index in [1.807, 2.05) is 23.1 Å². The van der Waals surface area contributed by atoms with Gasteiger partial charge in [-0.2, -0.15) is 5.10 Å². The van der Waals surface area contributed by atoms with Crippen molar-refractivity contribution in [2.75, 3.05) is 6.54 Å². The lowest BCUT2D eigenvalue weighted by Gasteiger charge is -2.23. The van der Waals surface area contributed by atoms with Gasteiger partial charge in [0.15, 0.2) is 5.82 Å². The second-order valence-corrected chi connectivity index (χ2v) is 7.14. The Bertz CT molecular complexity index is 923. The average Bonchev–Trinajstić information content (AvgIpc) is 3.39. The van der Waals surface area contributed by atoms with Crippen LogP contribution in [0, 0.1) is 5.82 Å². The summed E-state index contributed by atoms with van der Waals surface area (Å²) in [6.07, 6.45) is 4.11. The molecule has 0 saturated carbocycles. The summed E-state index contributed by atoms with van der Waals surface area (Å²) in [7, 11) is 0. The Morgan fingerprint density at radius 3 is 2.71 bits per heavy atom. The van der Waals surface area contributed by atoms with Gasteiger partial charge in [-0.3, -0.25) is 9.89 Å². The fourth-order valence-electron chi connectivity index (χ4n) is 3.73. The minimum atomic E-state index is -0.289. The maximum absolute atomic E-state index is 13.1. The molecule has 1 aliphatic heterocycles. The number of aromatic amines is 1. The van der Waals surface area contributed by atoms with Crippen LogP contribution in [0.5, 0.6) is 0 Å². The van der Waals surface area contributed by atoms with E-state index in [0.717, 1.165) is 37.8 Å². The highest BCUT2D eigenvalue weighted by Crippen LogP contribution is 2.31. The second-order valence-electron chi connectivity index (χ2n) is 7.14. The van der Waals surface area contributed by atoms with Gasteiger partial charge in [0, 0.05) is 18.5 Å². The Morgan fingerprint density at radius 1 is 1.14 bits per heavy atom. The fraction of sp³-hybridized carbons (Fsp3) is 0.318. The van der Waals surface area contributed by atoms with Crippen molar-refractivity contribution in [3.8, 4) is 11.4 Å². The van der Waals surface area contributed by atoms with Crippen molar-refractivity contribution in [1.82, 2.24) is 20.1 Å². The number of nitrogens with one attached hydrogen (secondary N) is 1. The Hall–Kier alpha value is -3.02. The number of carbonyl (C=O) groups is 1. The van der Waals surface area contributed by atoms with E-state index < -0.39 is 0 Å². The monoisotopic (exact) mass is 378 g/mol. The molecule has 4 rings (SSSR count). The number of H-pyrrole nitrogens is 1. The van der Waals surface area contributed by atoms with Crippen LogP contribution in [0.2, 0.25) is 0 Å². The maximum atomic E-state index is 13.1. The zero-order chi connectivity index (χ0) is 19.3. The van der Waals surface area contributed by atoms with Crippen molar-refractivity contribution < 1.29 is 9.18 Å². The lowest BCUT2D eigenvalue weighted by molar-refractivity contribution is -0.132. The van der Waals surface area contributed by atoms with Gasteiger partial charge < -0.3 is 4.90 Å². The maximum Gasteiger partial charge on any atom is 0.223 e. The molecule has 0 spiro atoms. The van der Waals surface area contributed by atoms with Crippen molar-refractivity contribution in [2.24, 2.45) is 0 Å². The lowest BCUT2D eigenvalue weighted by Crippen LogP contribution is -2.31. The topological polar surface area (TPSA) is 61.9 Å². The van der Waals surface area contributed by atoms with Crippen LogP contribution < -0.4 is 0 Å². The molecule has 1 aromatic heterocycles. The van der Waals surface area contributed by atoms with Crippen LogP contribution in [-0.4, -0.2) is 32.5 Å². The van der Waals surface area contributed by atoms with E-state index in [1.54, 1.807) is 12.1 Å². The summed E-state index contributed by atoms with van der Waals surface area (Å²) < 4.78 is 13.1. The van der Waals surface area contributed by atoms with Gasteiger partial charge in [-0.15, -0.1) is 0 Å². The van der Waals surface area contributed by atoms with Gasteiger partial charge in [-0.1, -0.05) is 30.3 Å². The molecule has 5 nitrogen and oxygen atoms in total. The first-order valence-corrected chi connectivity index (χ1v) is 9.72. The van der Waals surface area contributed by atoms with E-state index in [2.05, 4.69) is 27.3 Å². The summed E-state index contributed by atoms with van der Waals surface area (Å²) in [5.74, 6) is 1.10. The quantitative estimate of drug-likeness (QED) is 0.696. The summed E-state index contributed by atoms with van der Waals surface area (Å²) in [4.78, 5) is 19.2. The molecule has 0 unspecified atom stereocenters. The van der Waals surface area contributed by atoms with E-state index in [0.29, 0.717) is 18.1 Å². The largest absolute Gasteiger partial charge is 0.332 e. The van der Waals surface area contributed by atoms with E-state index in [1.165, 1.54) is 17.7 Å². The van der Waals surface area contributed by atoms with E-state index in [4.69, 9.17) is 0 Å². The standard InChI is InChI=1S/C22H23FN4O/c23-18-13-11-17(12-14-18)21-24-22(26-25-21)19-9-5-15-27(19)20(28)10-4-8-16-6-2-1-3-7-16/h1-3,6-7,11-14,19H,4-5,8-10,15H2,(H,24,25,26)/t19-/m0/s1. The van der Waals surface area contributed by atoms with Crippen molar-refractivity contribution in [2.45, 2.75) is 38.1 Å². The molecule has 1 atom stereocenters. The molecule has 3 aromatic rings. The summed E-state index contributed by atoms with van der Waals surface area (Å²) in [6.45, 7) is 0.751. The zero-order valence-electron chi connectivity index (χ0n) is 15.6. The number of carbonyl (C=O) groups excluding carboxylic acids is 1. The molecule has 0 radical (unpaired) electrons. The minimum absolute atomic E-state index is 0.0640. The molecule has 6 heteroatoms. The predicted octanol–water partition coefficient (Wildman–Crippen LogP) is 4.30. The van der Waals surface area contributed by atoms with Crippen LogP contribution in [0.25, 0.3) is 11.4 Å². The van der Waals surface area contributed by atoms with Gasteiger partial charge >= 0.3 is 0 Å². The zero-order valence-corrected chi connectivity index (χ0v) is 15.6. The highest BCUT2D eigenvalue weighted by atomic mass is 19.1. The predicted molar refractivity (Wildman–Crippen MR) is 105 cm³/mol. The van der Waals surface area contributed by atoms with E-state index >= 15 is 0 Å². The number of aromatic nitrogens is 3. The summed E-state index contributed by atoms with van der Waals surface area (Å²) in [5, 5.41) is 7.24. The molecule has 1 saturated heterocycles. The van der Waals surface area contributed by atoms with Crippen LogP contribution in [0.3, 0.4) is 0 Å². The number of nitrogens with zero attached hydrogens (tertiary/aromatic N) is 3. The molecule has 1 aliphatic rings. The molecule has 0 aliphatic carbocycles. The number of benzene rings is 2. The molecule has 1 amide bonds. The Morgan fingerprint density at radius 2 is 1.93 bits per heavy atom. The number of likely N-dealkylation sites (tertiary alicyclic amines) is 1. The van der Waals surface area contributed by atoms with Crippen LogP contribution >= 0.6 is 0 Å². The van der Waals surface area contributed by atoms with Crippen molar-refractivity contribution >= 4 is 5.91 Å². The minimum Gasteiger partial charge on any atom is -0.332 e. The first kappa shape index (κ1) is 18.3. The highest BCUT2D eigenvalue weighted by molar-refractivity contribution is 5.77. The van der Waals surface area contributed by atoms with Gasteiger partial charge in [0.1, 0.15) is 11.6 Å². The van der Waals surface area contributed by atoms with E-state index in [9.17, 15) is 9.18 Å². The van der Waals surface area contributed by atoms with Crippen molar-refractivity contribution in [3.63, 3.8) is 0 Å². The SMILES string of the molecule is O=C(CCCc1ccccc1)N1CCC[C@H]1c1nc(-c2ccc(F)cc2)n[nH]1. The summed E-state index contributed by atoms with van der Waals surface area (Å²) in [5.41, 5.74) is 2.01. The van der Waals surface area contributed by atoms with Crippen LogP contribution in [-0.2, 0) is 11.2 Å². The lowest BCUT2D eigenvalue weighted by atomic mass is 10.1. The van der Waals surface area contributed by atoms with Crippen LogP contribution in [0.15, 0.2) is 54.6 Å². The fourth-order valence-corrected chi connectivity index (χ4v) is 3.73. The van der Waals surface area contributed by atoms with E-state index in [-0.39, 0.29) is 17.8 Å². The number of hydrogen-bond donors (Lipinski definition) is 1. The summed E-state index contributed by atoms with van der Waals surface area (Å²) in [6, 6.07) is 16.3. The van der Waals surface area contributed by atoms with Gasteiger partial charge in [0.05, 0.1) is 6.04 Å². The summed E-state index contributed by atoms with van der Waals surface area (Å²) >= 11 is 0. The van der Waals surface area contributed by atoms with Crippen LogP contribution in [0.1, 0.15) is 43.1 Å².